The minimum atomic E-state index is 0.660. The first-order valence-corrected chi connectivity index (χ1v) is 7.60. The molecular formula is C14H25ClN4. The van der Waals surface area contributed by atoms with Crippen LogP contribution >= 0.6 is 11.6 Å². The summed E-state index contributed by atoms with van der Waals surface area (Å²) < 4.78 is 0. The molecule has 0 aromatic carbocycles. The Morgan fingerprint density at radius 1 is 1.11 bits per heavy atom. The fraction of sp³-hybridized carbons (Fsp3) is 0.714. The van der Waals surface area contributed by atoms with Gasteiger partial charge in [0.25, 0.3) is 0 Å². The summed E-state index contributed by atoms with van der Waals surface area (Å²) >= 11 is 6.21. The quantitative estimate of drug-likeness (QED) is 0.646. The summed E-state index contributed by atoms with van der Waals surface area (Å²) in [6.07, 6.45) is 9.74. The molecule has 1 rings (SSSR count). The minimum Gasteiger partial charge on any atom is -0.369 e. The van der Waals surface area contributed by atoms with Crippen molar-refractivity contribution < 1.29 is 0 Å². The summed E-state index contributed by atoms with van der Waals surface area (Å²) in [5.41, 5.74) is 6.36. The highest BCUT2D eigenvalue weighted by Crippen LogP contribution is 2.21. The van der Waals surface area contributed by atoms with Crippen LogP contribution in [0.3, 0.4) is 0 Å². The average Bonchev–Trinajstić information content (AvgIpc) is 2.43. The lowest BCUT2D eigenvalue weighted by molar-refractivity contribution is 0.605. The fourth-order valence-electron chi connectivity index (χ4n) is 1.96. The maximum absolute atomic E-state index is 6.21. The van der Waals surface area contributed by atoms with Crippen molar-refractivity contribution in [1.29, 1.82) is 0 Å². The van der Waals surface area contributed by atoms with Crippen LogP contribution < -0.4 is 11.1 Å². The standard InChI is InChI=1S/C14H25ClN4/c1-2-12-13(15)14(19-11-18-12)17-10-8-6-4-3-5-7-9-16/h11H,2-10,16H2,1H3,(H,17,18,19). The van der Waals surface area contributed by atoms with Gasteiger partial charge in [-0.25, -0.2) is 9.97 Å². The molecule has 0 atom stereocenters. The van der Waals surface area contributed by atoms with Crippen LogP contribution in [0.4, 0.5) is 5.82 Å². The zero-order valence-electron chi connectivity index (χ0n) is 11.8. The van der Waals surface area contributed by atoms with Gasteiger partial charge in [0.2, 0.25) is 0 Å². The van der Waals surface area contributed by atoms with Crippen molar-refractivity contribution in [3.63, 3.8) is 0 Å². The molecule has 1 heterocycles. The van der Waals surface area contributed by atoms with E-state index in [1.54, 1.807) is 6.33 Å². The molecule has 0 saturated heterocycles. The van der Waals surface area contributed by atoms with Crippen molar-refractivity contribution in [1.82, 2.24) is 9.97 Å². The number of nitrogens with two attached hydrogens (primary N) is 1. The predicted molar refractivity (Wildman–Crippen MR) is 81.7 cm³/mol. The summed E-state index contributed by atoms with van der Waals surface area (Å²) in [6.45, 7) is 3.77. The molecule has 0 radical (unpaired) electrons. The van der Waals surface area contributed by atoms with Crippen molar-refractivity contribution >= 4 is 17.4 Å². The lowest BCUT2D eigenvalue weighted by Crippen LogP contribution is -2.06. The monoisotopic (exact) mass is 284 g/mol. The van der Waals surface area contributed by atoms with Gasteiger partial charge in [-0.3, -0.25) is 0 Å². The van der Waals surface area contributed by atoms with Crippen molar-refractivity contribution in [2.45, 2.75) is 51.9 Å². The van der Waals surface area contributed by atoms with Crippen molar-refractivity contribution in [3.8, 4) is 0 Å². The third-order valence-corrected chi connectivity index (χ3v) is 3.52. The van der Waals surface area contributed by atoms with Gasteiger partial charge in [0.15, 0.2) is 0 Å². The molecule has 5 heteroatoms. The van der Waals surface area contributed by atoms with Gasteiger partial charge < -0.3 is 11.1 Å². The molecule has 19 heavy (non-hydrogen) atoms. The zero-order chi connectivity index (χ0) is 13.9. The normalized spacial score (nSPS) is 10.7. The van der Waals surface area contributed by atoms with E-state index in [0.29, 0.717) is 5.02 Å². The van der Waals surface area contributed by atoms with E-state index in [9.17, 15) is 0 Å². The number of hydrogen-bond donors (Lipinski definition) is 2. The van der Waals surface area contributed by atoms with Crippen molar-refractivity contribution in [3.05, 3.63) is 17.0 Å². The van der Waals surface area contributed by atoms with Crippen molar-refractivity contribution in [2.75, 3.05) is 18.4 Å². The van der Waals surface area contributed by atoms with Gasteiger partial charge in [-0.1, -0.05) is 44.2 Å². The number of aryl methyl sites for hydroxylation is 1. The number of nitrogens with zero attached hydrogens (tertiary/aromatic N) is 2. The number of aromatic nitrogens is 2. The molecule has 0 saturated carbocycles. The van der Waals surface area contributed by atoms with E-state index in [2.05, 4.69) is 15.3 Å². The largest absolute Gasteiger partial charge is 0.369 e. The van der Waals surface area contributed by atoms with Gasteiger partial charge in [-0.15, -0.1) is 0 Å². The lowest BCUT2D eigenvalue weighted by Gasteiger charge is -2.09. The van der Waals surface area contributed by atoms with E-state index in [0.717, 1.165) is 43.9 Å². The zero-order valence-corrected chi connectivity index (χ0v) is 12.5. The first kappa shape index (κ1) is 16.2. The molecule has 4 nitrogen and oxygen atoms in total. The second-order valence-electron chi connectivity index (χ2n) is 4.67. The summed E-state index contributed by atoms with van der Waals surface area (Å²) in [5.74, 6) is 0.761. The van der Waals surface area contributed by atoms with Crippen LogP contribution in [-0.2, 0) is 6.42 Å². The van der Waals surface area contributed by atoms with E-state index < -0.39 is 0 Å². The number of unbranched alkanes of at least 4 members (excludes halogenated alkanes) is 5. The molecule has 0 bridgehead atoms. The molecule has 3 N–H and O–H groups in total. The molecule has 0 aliphatic rings. The first-order chi connectivity index (χ1) is 9.29. The van der Waals surface area contributed by atoms with Crippen LogP contribution in [0.15, 0.2) is 6.33 Å². The number of halogens is 1. The Morgan fingerprint density at radius 2 is 1.79 bits per heavy atom. The Labute approximate surface area is 121 Å². The molecular weight excluding hydrogens is 260 g/mol. The molecule has 0 aliphatic carbocycles. The topological polar surface area (TPSA) is 63.8 Å². The predicted octanol–water partition coefficient (Wildman–Crippen LogP) is 3.40. The Balaban J connectivity index is 2.16. The Bertz CT molecular complexity index is 357. The molecule has 0 fully saturated rings. The summed E-state index contributed by atoms with van der Waals surface area (Å²) in [6, 6.07) is 0. The van der Waals surface area contributed by atoms with Gasteiger partial charge >= 0.3 is 0 Å². The second-order valence-corrected chi connectivity index (χ2v) is 5.05. The van der Waals surface area contributed by atoms with Gasteiger partial charge in [-0.2, -0.15) is 0 Å². The van der Waals surface area contributed by atoms with Gasteiger partial charge in [0, 0.05) is 6.54 Å². The van der Waals surface area contributed by atoms with E-state index in [4.69, 9.17) is 17.3 Å². The van der Waals surface area contributed by atoms with Gasteiger partial charge in [0.1, 0.15) is 17.2 Å². The van der Waals surface area contributed by atoms with Crippen LogP contribution in [0.2, 0.25) is 5.02 Å². The Kier molecular flexibility index (Phi) is 8.50. The number of nitrogens with one attached hydrogen (secondary N) is 1. The third kappa shape index (κ3) is 6.21. The molecule has 108 valence electrons. The maximum Gasteiger partial charge on any atom is 0.148 e. The van der Waals surface area contributed by atoms with Crippen LogP contribution in [0.25, 0.3) is 0 Å². The highest BCUT2D eigenvalue weighted by molar-refractivity contribution is 6.33. The van der Waals surface area contributed by atoms with E-state index in [1.165, 1.54) is 25.7 Å². The highest BCUT2D eigenvalue weighted by Gasteiger charge is 2.06. The Morgan fingerprint density at radius 3 is 2.47 bits per heavy atom. The van der Waals surface area contributed by atoms with E-state index in [1.807, 2.05) is 6.92 Å². The summed E-state index contributed by atoms with van der Waals surface area (Å²) in [5, 5.41) is 3.95. The summed E-state index contributed by atoms with van der Waals surface area (Å²) in [7, 11) is 0. The number of hydrogen-bond acceptors (Lipinski definition) is 4. The van der Waals surface area contributed by atoms with Crippen LogP contribution in [-0.4, -0.2) is 23.1 Å². The SMILES string of the molecule is CCc1ncnc(NCCCCCCCCN)c1Cl. The first-order valence-electron chi connectivity index (χ1n) is 7.23. The number of anilines is 1. The second kappa shape index (κ2) is 9.98. The smallest absolute Gasteiger partial charge is 0.148 e. The van der Waals surface area contributed by atoms with Gasteiger partial charge in [-0.05, 0) is 25.8 Å². The Hall–Kier alpha value is -0.870. The fourth-order valence-corrected chi connectivity index (χ4v) is 2.26. The third-order valence-electron chi connectivity index (χ3n) is 3.12. The van der Waals surface area contributed by atoms with Crippen LogP contribution in [0.1, 0.15) is 51.1 Å². The molecule has 1 aromatic heterocycles. The molecule has 0 aliphatic heterocycles. The van der Waals surface area contributed by atoms with E-state index in [-0.39, 0.29) is 0 Å². The lowest BCUT2D eigenvalue weighted by atomic mass is 10.1. The molecule has 0 unspecified atom stereocenters. The number of rotatable bonds is 10. The molecule has 1 aromatic rings. The molecule has 0 spiro atoms. The average molecular weight is 285 g/mol. The van der Waals surface area contributed by atoms with Gasteiger partial charge in [0.05, 0.1) is 5.69 Å². The van der Waals surface area contributed by atoms with E-state index >= 15 is 0 Å². The van der Waals surface area contributed by atoms with Crippen molar-refractivity contribution in [2.24, 2.45) is 5.73 Å². The highest BCUT2D eigenvalue weighted by atomic mass is 35.5. The van der Waals surface area contributed by atoms with Crippen LogP contribution in [0.5, 0.6) is 0 Å². The maximum atomic E-state index is 6.21. The summed E-state index contributed by atoms with van der Waals surface area (Å²) in [4.78, 5) is 8.33. The molecule has 0 amide bonds. The minimum absolute atomic E-state index is 0.660. The van der Waals surface area contributed by atoms with Crippen LogP contribution in [0, 0.1) is 0 Å².